The van der Waals surface area contributed by atoms with E-state index in [1.54, 1.807) is 0 Å². The van der Waals surface area contributed by atoms with Crippen molar-refractivity contribution in [2.45, 2.75) is 19.3 Å². The molecule has 0 aliphatic carbocycles. The fourth-order valence-corrected chi connectivity index (χ4v) is 3.21. The second kappa shape index (κ2) is 9.68. The lowest BCUT2D eigenvalue weighted by Crippen LogP contribution is -2.48. The SMILES string of the molecule is O[C@@H](COCc1ccccc1)CN1CCN(Cc2ccccc2)CC1. The molecule has 1 N–H and O–H groups in total. The van der Waals surface area contributed by atoms with Crippen LogP contribution in [0.1, 0.15) is 11.1 Å². The molecule has 25 heavy (non-hydrogen) atoms. The Balaban J connectivity index is 1.31. The number of piperazine rings is 1. The molecule has 2 aromatic rings. The van der Waals surface area contributed by atoms with Gasteiger partial charge in [0.25, 0.3) is 0 Å². The summed E-state index contributed by atoms with van der Waals surface area (Å²) in [5, 5.41) is 10.2. The van der Waals surface area contributed by atoms with Crippen LogP contribution in [0.2, 0.25) is 0 Å². The molecule has 0 radical (unpaired) electrons. The molecule has 0 amide bonds. The molecular formula is C21H28N2O2. The molecule has 134 valence electrons. The van der Waals surface area contributed by atoms with Crippen LogP contribution in [0.25, 0.3) is 0 Å². The average Bonchev–Trinajstić information content (AvgIpc) is 2.65. The van der Waals surface area contributed by atoms with Crippen molar-refractivity contribution >= 4 is 0 Å². The van der Waals surface area contributed by atoms with Crippen LogP contribution in [-0.4, -0.2) is 60.3 Å². The zero-order chi connectivity index (χ0) is 17.3. The Labute approximate surface area is 150 Å². The minimum atomic E-state index is -0.426. The fraction of sp³-hybridized carbons (Fsp3) is 0.429. The monoisotopic (exact) mass is 340 g/mol. The average molecular weight is 340 g/mol. The van der Waals surface area contributed by atoms with Gasteiger partial charge in [0.05, 0.1) is 19.3 Å². The zero-order valence-corrected chi connectivity index (χ0v) is 14.8. The molecule has 0 unspecified atom stereocenters. The van der Waals surface area contributed by atoms with Crippen molar-refractivity contribution in [1.82, 2.24) is 9.80 Å². The third kappa shape index (κ3) is 6.25. The third-order valence-electron chi connectivity index (χ3n) is 4.60. The van der Waals surface area contributed by atoms with Crippen LogP contribution < -0.4 is 0 Å². The third-order valence-corrected chi connectivity index (χ3v) is 4.60. The van der Waals surface area contributed by atoms with Gasteiger partial charge in [0.15, 0.2) is 0 Å². The van der Waals surface area contributed by atoms with Crippen LogP contribution in [0.3, 0.4) is 0 Å². The Hall–Kier alpha value is -1.72. The summed E-state index contributed by atoms with van der Waals surface area (Å²) in [6.07, 6.45) is -0.426. The number of hydrogen-bond acceptors (Lipinski definition) is 4. The van der Waals surface area contributed by atoms with Crippen molar-refractivity contribution in [1.29, 1.82) is 0 Å². The lowest BCUT2D eigenvalue weighted by molar-refractivity contribution is 0.000878. The van der Waals surface area contributed by atoms with Crippen LogP contribution in [0.4, 0.5) is 0 Å². The predicted octanol–water partition coefficient (Wildman–Crippen LogP) is 2.38. The molecule has 0 saturated carbocycles. The maximum atomic E-state index is 10.2. The molecule has 4 heteroatoms. The van der Waals surface area contributed by atoms with E-state index in [0.29, 0.717) is 19.8 Å². The Bertz CT molecular complexity index is 598. The second-order valence-electron chi connectivity index (χ2n) is 6.72. The highest BCUT2D eigenvalue weighted by Gasteiger charge is 2.19. The first-order chi connectivity index (χ1) is 12.3. The summed E-state index contributed by atoms with van der Waals surface area (Å²) in [4.78, 5) is 4.81. The van der Waals surface area contributed by atoms with Crippen molar-refractivity contribution in [3.8, 4) is 0 Å². The standard InChI is InChI=1S/C21H28N2O2/c24-21(18-25-17-20-9-5-2-6-10-20)16-23-13-11-22(12-14-23)15-19-7-3-1-4-8-19/h1-10,21,24H,11-18H2/t21-/m1/s1. The van der Waals surface area contributed by atoms with Crippen molar-refractivity contribution in [3.05, 3.63) is 71.8 Å². The van der Waals surface area contributed by atoms with Crippen LogP contribution in [0, 0.1) is 0 Å². The van der Waals surface area contributed by atoms with Gasteiger partial charge < -0.3 is 9.84 Å². The topological polar surface area (TPSA) is 35.9 Å². The van der Waals surface area contributed by atoms with Crippen LogP contribution in [0.15, 0.2) is 60.7 Å². The van der Waals surface area contributed by atoms with E-state index in [2.05, 4.69) is 40.1 Å². The van der Waals surface area contributed by atoms with E-state index in [1.807, 2.05) is 30.3 Å². The maximum absolute atomic E-state index is 10.2. The van der Waals surface area contributed by atoms with E-state index in [-0.39, 0.29) is 0 Å². The first-order valence-electron chi connectivity index (χ1n) is 9.08. The van der Waals surface area contributed by atoms with Gasteiger partial charge in [0, 0.05) is 39.3 Å². The van der Waals surface area contributed by atoms with E-state index in [0.717, 1.165) is 38.3 Å². The quantitative estimate of drug-likeness (QED) is 0.800. The Morgan fingerprint density at radius 2 is 1.36 bits per heavy atom. The lowest BCUT2D eigenvalue weighted by atomic mass is 10.2. The molecule has 2 aromatic carbocycles. The van der Waals surface area contributed by atoms with E-state index in [9.17, 15) is 5.11 Å². The summed E-state index contributed by atoms with van der Waals surface area (Å²) in [5.41, 5.74) is 2.51. The summed E-state index contributed by atoms with van der Waals surface area (Å²) in [6.45, 7) is 6.75. The van der Waals surface area contributed by atoms with Gasteiger partial charge >= 0.3 is 0 Å². The molecule has 1 heterocycles. The molecule has 3 rings (SSSR count). The number of nitrogens with zero attached hydrogens (tertiary/aromatic N) is 2. The maximum Gasteiger partial charge on any atom is 0.0900 e. The van der Waals surface area contributed by atoms with Gasteiger partial charge in [-0.25, -0.2) is 0 Å². The number of ether oxygens (including phenoxy) is 1. The molecule has 0 bridgehead atoms. The minimum absolute atomic E-state index is 0.388. The first-order valence-corrected chi connectivity index (χ1v) is 9.08. The lowest BCUT2D eigenvalue weighted by Gasteiger charge is -2.35. The minimum Gasteiger partial charge on any atom is -0.389 e. The molecule has 1 aliphatic heterocycles. The number of aliphatic hydroxyl groups excluding tert-OH is 1. The summed E-state index contributed by atoms with van der Waals surface area (Å²) >= 11 is 0. The number of hydrogen-bond donors (Lipinski definition) is 1. The van der Waals surface area contributed by atoms with E-state index in [1.165, 1.54) is 5.56 Å². The fourth-order valence-electron chi connectivity index (χ4n) is 3.21. The molecule has 1 fully saturated rings. The van der Waals surface area contributed by atoms with E-state index in [4.69, 9.17) is 4.74 Å². The van der Waals surface area contributed by atoms with Crippen LogP contribution >= 0.6 is 0 Å². The molecule has 1 saturated heterocycles. The first kappa shape index (κ1) is 18.1. The summed E-state index contributed by atoms with van der Waals surface area (Å²) in [6, 6.07) is 20.7. The van der Waals surface area contributed by atoms with Crippen LogP contribution in [0.5, 0.6) is 0 Å². The molecule has 1 atom stereocenters. The summed E-state index contributed by atoms with van der Waals surface area (Å²) < 4.78 is 5.64. The van der Waals surface area contributed by atoms with Crippen molar-refractivity contribution in [3.63, 3.8) is 0 Å². The molecule has 0 aromatic heterocycles. The zero-order valence-electron chi connectivity index (χ0n) is 14.8. The smallest absolute Gasteiger partial charge is 0.0900 e. The van der Waals surface area contributed by atoms with Gasteiger partial charge in [-0.15, -0.1) is 0 Å². The largest absolute Gasteiger partial charge is 0.389 e. The van der Waals surface area contributed by atoms with Crippen molar-refractivity contribution in [2.75, 3.05) is 39.3 Å². The second-order valence-corrected chi connectivity index (χ2v) is 6.72. The van der Waals surface area contributed by atoms with E-state index < -0.39 is 6.10 Å². The van der Waals surface area contributed by atoms with E-state index >= 15 is 0 Å². The highest BCUT2D eigenvalue weighted by Crippen LogP contribution is 2.09. The normalized spacial score (nSPS) is 17.5. The van der Waals surface area contributed by atoms with Gasteiger partial charge in [-0.2, -0.15) is 0 Å². The Kier molecular flexibility index (Phi) is 7.00. The van der Waals surface area contributed by atoms with Gasteiger partial charge in [-0.05, 0) is 11.1 Å². The van der Waals surface area contributed by atoms with Gasteiger partial charge in [0.1, 0.15) is 0 Å². The number of rotatable bonds is 8. The van der Waals surface area contributed by atoms with Crippen LogP contribution in [-0.2, 0) is 17.9 Å². The molecule has 0 spiro atoms. The molecule has 1 aliphatic rings. The predicted molar refractivity (Wildman–Crippen MR) is 100 cm³/mol. The highest BCUT2D eigenvalue weighted by molar-refractivity contribution is 5.14. The Morgan fingerprint density at radius 1 is 0.800 bits per heavy atom. The molecule has 4 nitrogen and oxygen atoms in total. The number of β-amino-alcohol motifs (C(OH)–C–C–N with tert-alkyl or cyclic N) is 1. The highest BCUT2D eigenvalue weighted by atomic mass is 16.5. The summed E-state index contributed by atoms with van der Waals surface area (Å²) in [5.74, 6) is 0. The van der Waals surface area contributed by atoms with Gasteiger partial charge in [0.2, 0.25) is 0 Å². The van der Waals surface area contributed by atoms with Gasteiger partial charge in [-0.3, -0.25) is 9.80 Å². The number of benzene rings is 2. The number of aliphatic hydroxyl groups is 1. The van der Waals surface area contributed by atoms with Crippen molar-refractivity contribution < 1.29 is 9.84 Å². The summed E-state index contributed by atoms with van der Waals surface area (Å²) in [7, 11) is 0. The van der Waals surface area contributed by atoms with Gasteiger partial charge in [-0.1, -0.05) is 60.7 Å². The Morgan fingerprint density at radius 3 is 2.00 bits per heavy atom. The molecular weight excluding hydrogens is 312 g/mol. The van der Waals surface area contributed by atoms with Crippen molar-refractivity contribution in [2.24, 2.45) is 0 Å².